The Morgan fingerprint density at radius 2 is 2.29 bits per heavy atom. The van der Waals surface area contributed by atoms with Gasteiger partial charge >= 0.3 is 0 Å². The first-order valence-corrected chi connectivity index (χ1v) is 6.13. The second kappa shape index (κ2) is 5.16. The molecule has 17 heavy (non-hydrogen) atoms. The molecule has 2 heterocycles. The third kappa shape index (κ3) is 2.86. The van der Waals surface area contributed by atoms with Gasteiger partial charge in [-0.3, -0.25) is 4.90 Å². The predicted octanol–water partition coefficient (Wildman–Crippen LogP) is 0.515. The normalized spacial score (nSPS) is 25.9. The molecule has 1 fully saturated rings. The fourth-order valence-electron chi connectivity index (χ4n) is 2.60. The number of aromatic nitrogens is 1. The van der Waals surface area contributed by atoms with Crippen LogP contribution in [0.3, 0.4) is 0 Å². The maximum Gasteiger partial charge on any atom is 0.151 e. The third-order valence-corrected chi connectivity index (χ3v) is 3.51. The fraction of sp³-hybridized carbons (Fsp3) is 0.750. The van der Waals surface area contributed by atoms with Crippen molar-refractivity contribution in [3.63, 3.8) is 0 Å². The summed E-state index contributed by atoms with van der Waals surface area (Å²) in [6.45, 7) is 5.78. The van der Waals surface area contributed by atoms with Gasteiger partial charge in [0.25, 0.3) is 0 Å². The van der Waals surface area contributed by atoms with E-state index in [2.05, 4.69) is 36.0 Å². The van der Waals surface area contributed by atoms with E-state index in [1.165, 1.54) is 0 Å². The third-order valence-electron chi connectivity index (χ3n) is 3.51. The first-order valence-electron chi connectivity index (χ1n) is 6.13. The summed E-state index contributed by atoms with van der Waals surface area (Å²) in [4.78, 5) is 4.71. The SMILES string of the molecule is CC1CN(Cc2cc(CN)no2)CC1N(C)C. The maximum absolute atomic E-state index is 5.51. The van der Waals surface area contributed by atoms with E-state index in [1.54, 1.807) is 0 Å². The van der Waals surface area contributed by atoms with Crippen LogP contribution >= 0.6 is 0 Å². The standard InChI is InChI=1S/C12H22N4O/c1-9-6-16(8-12(9)15(2)3)7-11-4-10(5-13)14-17-11/h4,9,12H,5-8,13H2,1-3H3. The van der Waals surface area contributed by atoms with E-state index in [4.69, 9.17) is 10.3 Å². The zero-order chi connectivity index (χ0) is 12.4. The Labute approximate surface area is 103 Å². The molecule has 2 N–H and O–H groups in total. The van der Waals surface area contributed by atoms with Crippen LogP contribution in [0.25, 0.3) is 0 Å². The highest BCUT2D eigenvalue weighted by atomic mass is 16.5. The largest absolute Gasteiger partial charge is 0.360 e. The number of hydrogen-bond donors (Lipinski definition) is 1. The highest BCUT2D eigenvalue weighted by Crippen LogP contribution is 2.21. The van der Waals surface area contributed by atoms with Crippen molar-refractivity contribution >= 4 is 0 Å². The Kier molecular flexibility index (Phi) is 3.81. The van der Waals surface area contributed by atoms with Crippen molar-refractivity contribution in [2.75, 3.05) is 27.2 Å². The van der Waals surface area contributed by atoms with Gasteiger partial charge in [0.2, 0.25) is 0 Å². The highest BCUT2D eigenvalue weighted by molar-refractivity contribution is 5.05. The zero-order valence-corrected chi connectivity index (χ0v) is 10.9. The lowest BCUT2D eigenvalue weighted by molar-refractivity contribution is 0.237. The number of likely N-dealkylation sites (tertiary alicyclic amines) is 1. The van der Waals surface area contributed by atoms with E-state index in [0.29, 0.717) is 18.5 Å². The van der Waals surface area contributed by atoms with Crippen LogP contribution in [0.2, 0.25) is 0 Å². The molecule has 0 bridgehead atoms. The Balaban J connectivity index is 1.92. The van der Waals surface area contributed by atoms with E-state index < -0.39 is 0 Å². The molecule has 1 aliphatic heterocycles. The molecule has 1 saturated heterocycles. The summed E-state index contributed by atoms with van der Waals surface area (Å²) in [5, 5.41) is 3.91. The lowest BCUT2D eigenvalue weighted by Crippen LogP contribution is -2.34. The molecule has 2 unspecified atom stereocenters. The van der Waals surface area contributed by atoms with Crippen LogP contribution in [0.4, 0.5) is 0 Å². The fourth-order valence-corrected chi connectivity index (χ4v) is 2.60. The van der Waals surface area contributed by atoms with Gasteiger partial charge in [-0.1, -0.05) is 12.1 Å². The second-order valence-electron chi connectivity index (χ2n) is 5.19. The summed E-state index contributed by atoms with van der Waals surface area (Å²) in [6.07, 6.45) is 0. The van der Waals surface area contributed by atoms with Gasteiger partial charge < -0.3 is 15.2 Å². The average Bonchev–Trinajstić information content (AvgIpc) is 2.85. The Morgan fingerprint density at radius 1 is 1.53 bits per heavy atom. The molecule has 5 heteroatoms. The summed E-state index contributed by atoms with van der Waals surface area (Å²) in [6, 6.07) is 2.58. The predicted molar refractivity (Wildman–Crippen MR) is 66.3 cm³/mol. The van der Waals surface area contributed by atoms with Gasteiger partial charge in [0, 0.05) is 31.7 Å². The molecule has 1 aromatic rings. The van der Waals surface area contributed by atoms with Gasteiger partial charge in [0.15, 0.2) is 5.76 Å². The van der Waals surface area contributed by atoms with Gasteiger partial charge in [-0.05, 0) is 20.0 Å². The molecule has 0 aliphatic carbocycles. The molecule has 0 spiro atoms. The Morgan fingerprint density at radius 3 is 2.82 bits per heavy atom. The molecule has 2 atom stereocenters. The van der Waals surface area contributed by atoms with Crippen molar-refractivity contribution in [1.82, 2.24) is 15.0 Å². The van der Waals surface area contributed by atoms with Crippen molar-refractivity contribution in [2.24, 2.45) is 11.7 Å². The van der Waals surface area contributed by atoms with Crippen LogP contribution in [-0.2, 0) is 13.1 Å². The molecular weight excluding hydrogens is 216 g/mol. The van der Waals surface area contributed by atoms with Gasteiger partial charge in [-0.15, -0.1) is 0 Å². The summed E-state index contributed by atoms with van der Waals surface area (Å²) in [5.41, 5.74) is 6.34. The minimum atomic E-state index is 0.445. The van der Waals surface area contributed by atoms with Gasteiger partial charge in [0.05, 0.1) is 12.2 Å². The summed E-state index contributed by atoms with van der Waals surface area (Å²) in [7, 11) is 4.29. The summed E-state index contributed by atoms with van der Waals surface area (Å²) < 4.78 is 5.26. The lowest BCUT2D eigenvalue weighted by atomic mass is 10.1. The molecule has 1 aliphatic rings. The molecule has 96 valence electrons. The molecule has 2 rings (SSSR count). The number of likely N-dealkylation sites (N-methyl/N-ethyl adjacent to an activating group) is 1. The molecule has 0 amide bonds. The summed E-state index contributed by atoms with van der Waals surface area (Å²) >= 11 is 0. The first-order chi connectivity index (χ1) is 8.10. The minimum Gasteiger partial charge on any atom is -0.360 e. The smallest absolute Gasteiger partial charge is 0.151 e. The molecule has 5 nitrogen and oxygen atoms in total. The monoisotopic (exact) mass is 238 g/mol. The van der Waals surface area contributed by atoms with Crippen LogP contribution in [-0.4, -0.2) is 48.2 Å². The van der Waals surface area contributed by atoms with E-state index in [1.807, 2.05) is 6.07 Å². The van der Waals surface area contributed by atoms with Gasteiger partial charge in [-0.25, -0.2) is 0 Å². The molecular formula is C12H22N4O. The molecule has 0 aromatic carbocycles. The topological polar surface area (TPSA) is 58.5 Å². The van der Waals surface area contributed by atoms with Crippen LogP contribution < -0.4 is 5.73 Å². The van der Waals surface area contributed by atoms with Crippen molar-refractivity contribution in [2.45, 2.75) is 26.1 Å². The van der Waals surface area contributed by atoms with E-state index in [9.17, 15) is 0 Å². The molecule has 0 saturated carbocycles. The van der Waals surface area contributed by atoms with Crippen molar-refractivity contribution in [3.05, 3.63) is 17.5 Å². The molecule has 1 aromatic heterocycles. The first kappa shape index (κ1) is 12.5. The van der Waals surface area contributed by atoms with E-state index in [-0.39, 0.29) is 0 Å². The van der Waals surface area contributed by atoms with Crippen LogP contribution in [0.5, 0.6) is 0 Å². The minimum absolute atomic E-state index is 0.445. The van der Waals surface area contributed by atoms with Crippen LogP contribution in [0.1, 0.15) is 18.4 Å². The maximum atomic E-state index is 5.51. The zero-order valence-electron chi connectivity index (χ0n) is 10.9. The number of hydrogen-bond acceptors (Lipinski definition) is 5. The molecule has 0 radical (unpaired) electrons. The van der Waals surface area contributed by atoms with Crippen molar-refractivity contribution in [1.29, 1.82) is 0 Å². The van der Waals surface area contributed by atoms with Crippen LogP contribution in [0.15, 0.2) is 10.6 Å². The van der Waals surface area contributed by atoms with Gasteiger partial charge in [-0.2, -0.15) is 0 Å². The van der Waals surface area contributed by atoms with Crippen LogP contribution in [0, 0.1) is 5.92 Å². The summed E-state index contributed by atoms with van der Waals surface area (Å²) in [5.74, 6) is 1.61. The van der Waals surface area contributed by atoms with Crippen molar-refractivity contribution in [3.8, 4) is 0 Å². The van der Waals surface area contributed by atoms with E-state index in [0.717, 1.165) is 31.1 Å². The van der Waals surface area contributed by atoms with Crippen molar-refractivity contribution < 1.29 is 4.52 Å². The highest BCUT2D eigenvalue weighted by Gasteiger charge is 2.31. The van der Waals surface area contributed by atoms with Gasteiger partial charge in [0.1, 0.15) is 0 Å². The number of nitrogens with two attached hydrogens (primary N) is 1. The second-order valence-corrected chi connectivity index (χ2v) is 5.19. The quantitative estimate of drug-likeness (QED) is 0.828. The Bertz CT molecular complexity index is 363. The number of nitrogens with zero attached hydrogens (tertiary/aromatic N) is 3. The lowest BCUT2D eigenvalue weighted by Gasteiger charge is -2.22. The Hall–Kier alpha value is -0.910. The number of rotatable bonds is 4. The average molecular weight is 238 g/mol. The van der Waals surface area contributed by atoms with E-state index >= 15 is 0 Å².